The van der Waals surface area contributed by atoms with Crippen molar-refractivity contribution in [2.24, 2.45) is 5.41 Å². The van der Waals surface area contributed by atoms with Crippen LogP contribution in [0.5, 0.6) is 11.5 Å². The lowest BCUT2D eigenvalue weighted by molar-refractivity contribution is 0.117. The van der Waals surface area contributed by atoms with E-state index in [0.717, 1.165) is 5.56 Å². The highest BCUT2D eigenvalue weighted by Gasteiger charge is 2.72. The number of nitriles is 1. The fraction of sp³-hybridized carbons (Fsp3) is 0.350. The van der Waals surface area contributed by atoms with Gasteiger partial charge in [0.25, 0.3) is 0 Å². The SMILES string of the molecule is CCOC[C@]1(C#N)[C@H](c2ccc3c(c2)OCO3)[C@H]1S(=O)(=O)c1ccccc1. The smallest absolute Gasteiger partial charge is 0.231 e. The third-order valence-corrected chi connectivity index (χ3v) is 7.46. The predicted octanol–water partition coefficient (Wildman–Crippen LogP) is 2.90. The van der Waals surface area contributed by atoms with Crippen LogP contribution in [0.1, 0.15) is 18.4 Å². The van der Waals surface area contributed by atoms with Gasteiger partial charge in [0.15, 0.2) is 21.3 Å². The number of sulfone groups is 1. The van der Waals surface area contributed by atoms with Crippen LogP contribution in [-0.2, 0) is 14.6 Å². The van der Waals surface area contributed by atoms with Gasteiger partial charge in [0.2, 0.25) is 6.79 Å². The van der Waals surface area contributed by atoms with Crippen LogP contribution in [0, 0.1) is 16.7 Å². The van der Waals surface area contributed by atoms with E-state index in [9.17, 15) is 13.7 Å². The van der Waals surface area contributed by atoms with Crippen molar-refractivity contribution in [3.05, 3.63) is 54.1 Å². The van der Waals surface area contributed by atoms with Gasteiger partial charge in [0.1, 0.15) is 5.41 Å². The molecular formula is C20H19NO5S. The average Bonchev–Trinajstić information content (AvgIpc) is 3.15. The van der Waals surface area contributed by atoms with Gasteiger partial charge in [0.05, 0.1) is 22.8 Å². The summed E-state index contributed by atoms with van der Waals surface area (Å²) in [6.07, 6.45) is 0. The summed E-state index contributed by atoms with van der Waals surface area (Å²) in [7, 11) is -3.70. The molecule has 0 bridgehead atoms. The van der Waals surface area contributed by atoms with Gasteiger partial charge in [0, 0.05) is 12.5 Å². The van der Waals surface area contributed by atoms with Crippen LogP contribution in [-0.4, -0.2) is 33.7 Å². The van der Waals surface area contributed by atoms with E-state index in [4.69, 9.17) is 14.2 Å². The summed E-state index contributed by atoms with van der Waals surface area (Å²) >= 11 is 0. The second-order valence-corrected chi connectivity index (χ2v) is 8.73. The zero-order chi connectivity index (χ0) is 19.1. The van der Waals surface area contributed by atoms with E-state index in [1.165, 1.54) is 0 Å². The van der Waals surface area contributed by atoms with Crippen molar-refractivity contribution in [1.29, 1.82) is 5.26 Å². The summed E-state index contributed by atoms with van der Waals surface area (Å²) in [5, 5.41) is 9.07. The average molecular weight is 385 g/mol. The van der Waals surface area contributed by atoms with E-state index in [0.29, 0.717) is 18.1 Å². The lowest BCUT2D eigenvalue weighted by atomic mass is 10.0. The van der Waals surface area contributed by atoms with Crippen LogP contribution in [0.3, 0.4) is 0 Å². The van der Waals surface area contributed by atoms with Crippen LogP contribution in [0.2, 0.25) is 0 Å². The number of hydrogen-bond donors (Lipinski definition) is 0. The molecule has 7 heteroatoms. The van der Waals surface area contributed by atoms with Crippen LogP contribution >= 0.6 is 0 Å². The topological polar surface area (TPSA) is 85.6 Å². The van der Waals surface area contributed by atoms with Crippen LogP contribution < -0.4 is 9.47 Å². The van der Waals surface area contributed by atoms with Crippen molar-refractivity contribution < 1.29 is 22.6 Å². The third kappa shape index (κ3) is 2.76. The minimum absolute atomic E-state index is 0.0653. The maximum absolute atomic E-state index is 13.3. The Labute approximate surface area is 158 Å². The molecule has 0 N–H and O–H groups in total. The van der Waals surface area contributed by atoms with E-state index < -0.39 is 26.4 Å². The highest BCUT2D eigenvalue weighted by Crippen LogP contribution is 2.64. The van der Waals surface area contributed by atoms with Gasteiger partial charge in [-0.3, -0.25) is 0 Å². The van der Waals surface area contributed by atoms with Crippen LogP contribution in [0.25, 0.3) is 0 Å². The summed E-state index contributed by atoms with van der Waals surface area (Å²) < 4.78 is 42.8. The lowest BCUT2D eigenvalue weighted by Gasteiger charge is -2.10. The van der Waals surface area contributed by atoms with E-state index in [1.54, 1.807) is 48.5 Å². The number of rotatable bonds is 6. The highest BCUT2D eigenvalue weighted by molar-refractivity contribution is 7.92. The van der Waals surface area contributed by atoms with Gasteiger partial charge < -0.3 is 14.2 Å². The largest absolute Gasteiger partial charge is 0.454 e. The fourth-order valence-corrected chi connectivity index (χ4v) is 6.14. The number of hydrogen-bond acceptors (Lipinski definition) is 6. The molecule has 0 spiro atoms. The van der Waals surface area contributed by atoms with Crippen molar-refractivity contribution in [2.75, 3.05) is 20.0 Å². The third-order valence-electron chi connectivity index (χ3n) is 5.17. The van der Waals surface area contributed by atoms with Gasteiger partial charge in [-0.2, -0.15) is 5.26 Å². The molecule has 2 aliphatic rings. The van der Waals surface area contributed by atoms with Crippen LogP contribution in [0.15, 0.2) is 53.4 Å². The second kappa shape index (κ2) is 6.55. The predicted molar refractivity (Wildman–Crippen MR) is 97.3 cm³/mol. The molecule has 1 aliphatic heterocycles. The Morgan fingerprint density at radius 3 is 2.63 bits per heavy atom. The quantitative estimate of drug-likeness (QED) is 0.760. The van der Waals surface area contributed by atoms with Crippen molar-refractivity contribution in [1.82, 2.24) is 0 Å². The van der Waals surface area contributed by atoms with E-state index >= 15 is 0 Å². The monoisotopic (exact) mass is 385 g/mol. The summed E-state index contributed by atoms with van der Waals surface area (Å²) in [5.74, 6) is 0.696. The van der Waals surface area contributed by atoms with E-state index in [-0.39, 0.29) is 18.3 Å². The molecule has 4 rings (SSSR count). The second-order valence-electron chi connectivity index (χ2n) is 6.66. The summed E-state index contributed by atoms with van der Waals surface area (Å²) in [6, 6.07) is 15.8. The number of fused-ring (bicyclic) bond motifs is 1. The van der Waals surface area contributed by atoms with Gasteiger partial charge in [-0.15, -0.1) is 0 Å². The molecule has 1 saturated carbocycles. The molecular weight excluding hydrogens is 366 g/mol. The first kappa shape index (κ1) is 17.8. The van der Waals surface area contributed by atoms with Crippen molar-refractivity contribution in [3.63, 3.8) is 0 Å². The molecule has 27 heavy (non-hydrogen) atoms. The molecule has 2 aromatic carbocycles. The first-order valence-corrected chi connectivity index (χ1v) is 10.3. The van der Waals surface area contributed by atoms with Crippen molar-refractivity contribution in [3.8, 4) is 17.6 Å². The minimum Gasteiger partial charge on any atom is -0.454 e. The van der Waals surface area contributed by atoms with Crippen molar-refractivity contribution in [2.45, 2.75) is 23.0 Å². The van der Waals surface area contributed by atoms with E-state index in [1.807, 2.05) is 6.92 Å². The zero-order valence-electron chi connectivity index (χ0n) is 14.8. The molecule has 0 saturated heterocycles. The van der Waals surface area contributed by atoms with Crippen molar-refractivity contribution >= 4 is 9.84 Å². The molecule has 140 valence electrons. The Morgan fingerprint density at radius 2 is 1.93 bits per heavy atom. The summed E-state index contributed by atoms with van der Waals surface area (Å²) in [4.78, 5) is 0.217. The Balaban J connectivity index is 1.77. The first-order valence-electron chi connectivity index (χ1n) is 8.72. The first-order chi connectivity index (χ1) is 13.0. The van der Waals surface area contributed by atoms with Gasteiger partial charge in [-0.1, -0.05) is 24.3 Å². The lowest BCUT2D eigenvalue weighted by Crippen LogP contribution is -2.19. The minimum atomic E-state index is -3.70. The molecule has 1 heterocycles. The molecule has 0 amide bonds. The number of ether oxygens (including phenoxy) is 3. The Kier molecular flexibility index (Phi) is 4.33. The molecule has 1 aliphatic carbocycles. The fourth-order valence-electron chi connectivity index (χ4n) is 3.80. The Morgan fingerprint density at radius 1 is 1.19 bits per heavy atom. The van der Waals surface area contributed by atoms with E-state index in [2.05, 4.69) is 6.07 Å². The summed E-state index contributed by atoms with van der Waals surface area (Å²) in [5.41, 5.74) is -0.386. The Hall–Kier alpha value is -2.56. The maximum atomic E-state index is 13.3. The molecule has 1 fully saturated rings. The molecule has 6 nitrogen and oxygen atoms in total. The molecule has 2 aromatic rings. The molecule has 0 aromatic heterocycles. The molecule has 3 atom stereocenters. The number of nitrogens with zero attached hydrogens (tertiary/aromatic N) is 1. The summed E-state index contributed by atoms with van der Waals surface area (Å²) in [6.45, 7) is 2.44. The van der Waals surface area contributed by atoms with Gasteiger partial charge in [-0.25, -0.2) is 8.42 Å². The van der Waals surface area contributed by atoms with Gasteiger partial charge >= 0.3 is 0 Å². The maximum Gasteiger partial charge on any atom is 0.231 e. The normalized spacial score (nSPS) is 25.8. The van der Waals surface area contributed by atoms with Crippen LogP contribution in [0.4, 0.5) is 0 Å². The molecule has 0 radical (unpaired) electrons. The standard InChI is InChI=1S/C20H19NO5S/c1-2-24-12-20(11-21)18(14-8-9-16-17(10-14)26-13-25-16)19(20)27(22,23)15-6-4-3-5-7-15/h3-10,18-19H,2,12-13H2,1H3/t18-,19-,20-/m1/s1. The highest BCUT2D eigenvalue weighted by atomic mass is 32.2. The number of benzene rings is 2. The zero-order valence-corrected chi connectivity index (χ0v) is 15.6. The molecule has 0 unspecified atom stereocenters. The van der Waals surface area contributed by atoms with Gasteiger partial charge in [-0.05, 0) is 36.8 Å². The Bertz CT molecular complexity index is 999.